The van der Waals surface area contributed by atoms with Crippen molar-refractivity contribution in [2.45, 2.75) is 13.5 Å². The van der Waals surface area contributed by atoms with E-state index in [4.69, 9.17) is 5.73 Å². The first-order chi connectivity index (χ1) is 10.1. The monoisotopic (exact) mass is 297 g/mol. The molecular formula is C16H15N3OS. The molecule has 1 aromatic heterocycles. The van der Waals surface area contributed by atoms with Gasteiger partial charge in [-0.25, -0.2) is 4.98 Å². The van der Waals surface area contributed by atoms with Crippen molar-refractivity contribution in [2.75, 3.05) is 5.73 Å². The number of fused-ring (bicyclic) bond motifs is 1. The second kappa shape index (κ2) is 5.54. The maximum Gasteiger partial charge on any atom is 0.251 e. The molecule has 0 aliphatic heterocycles. The van der Waals surface area contributed by atoms with Crippen molar-refractivity contribution in [1.29, 1.82) is 0 Å². The summed E-state index contributed by atoms with van der Waals surface area (Å²) in [6.45, 7) is 2.55. The summed E-state index contributed by atoms with van der Waals surface area (Å²) < 4.78 is 0.927. The zero-order chi connectivity index (χ0) is 14.8. The van der Waals surface area contributed by atoms with Gasteiger partial charge in [-0.05, 0) is 30.7 Å². The van der Waals surface area contributed by atoms with E-state index in [1.165, 1.54) is 16.9 Å². The topological polar surface area (TPSA) is 68.0 Å². The largest absolute Gasteiger partial charge is 0.375 e. The van der Waals surface area contributed by atoms with Crippen LogP contribution in [0, 0.1) is 6.92 Å². The van der Waals surface area contributed by atoms with E-state index >= 15 is 0 Å². The summed E-state index contributed by atoms with van der Waals surface area (Å²) in [7, 11) is 0. The minimum Gasteiger partial charge on any atom is -0.375 e. The molecule has 0 bridgehead atoms. The molecule has 4 nitrogen and oxygen atoms in total. The molecule has 3 N–H and O–H groups in total. The van der Waals surface area contributed by atoms with Gasteiger partial charge in [-0.2, -0.15) is 0 Å². The van der Waals surface area contributed by atoms with Gasteiger partial charge in [0.15, 0.2) is 5.13 Å². The van der Waals surface area contributed by atoms with Crippen molar-refractivity contribution in [3.8, 4) is 0 Å². The Bertz CT molecular complexity index is 810. The number of nitrogens with one attached hydrogen (secondary N) is 1. The number of nitrogen functional groups attached to an aromatic ring is 1. The second-order valence-corrected chi connectivity index (χ2v) is 5.97. The zero-order valence-electron chi connectivity index (χ0n) is 11.6. The average molecular weight is 297 g/mol. The Hall–Kier alpha value is -2.40. The van der Waals surface area contributed by atoms with Crippen LogP contribution in [0.15, 0.2) is 42.5 Å². The fourth-order valence-corrected chi connectivity index (χ4v) is 2.96. The lowest BCUT2D eigenvalue weighted by Gasteiger charge is -2.06. The third-order valence-corrected chi connectivity index (χ3v) is 4.05. The highest BCUT2D eigenvalue weighted by Crippen LogP contribution is 2.24. The number of carbonyl (C=O) groups is 1. The number of aryl methyl sites for hydroxylation is 1. The van der Waals surface area contributed by atoms with Crippen molar-refractivity contribution in [3.63, 3.8) is 0 Å². The molecule has 3 rings (SSSR count). The molecule has 0 spiro atoms. The van der Waals surface area contributed by atoms with Gasteiger partial charge in [0, 0.05) is 12.1 Å². The molecule has 21 heavy (non-hydrogen) atoms. The standard InChI is InChI=1S/C16H15N3OS/c1-10-3-2-4-11(7-10)9-18-15(20)12-5-6-13-14(8-12)21-16(17)19-13/h2-8H,9H2,1H3,(H2,17,19)(H,18,20). The third-order valence-electron chi connectivity index (χ3n) is 3.20. The summed E-state index contributed by atoms with van der Waals surface area (Å²) in [5, 5.41) is 3.44. The number of benzene rings is 2. The van der Waals surface area contributed by atoms with Gasteiger partial charge in [-0.15, -0.1) is 0 Å². The Kier molecular flexibility index (Phi) is 3.58. The molecule has 5 heteroatoms. The van der Waals surface area contributed by atoms with Gasteiger partial charge in [0.05, 0.1) is 10.2 Å². The third kappa shape index (κ3) is 3.03. The molecule has 0 atom stereocenters. The second-order valence-electron chi connectivity index (χ2n) is 4.91. The van der Waals surface area contributed by atoms with Crippen LogP contribution in [0.3, 0.4) is 0 Å². The van der Waals surface area contributed by atoms with Gasteiger partial charge in [-0.1, -0.05) is 41.2 Å². The number of nitrogens with zero attached hydrogens (tertiary/aromatic N) is 1. The lowest BCUT2D eigenvalue weighted by Crippen LogP contribution is -2.22. The van der Waals surface area contributed by atoms with Crippen molar-refractivity contribution in [2.24, 2.45) is 0 Å². The highest BCUT2D eigenvalue weighted by molar-refractivity contribution is 7.22. The Balaban J connectivity index is 1.74. The summed E-state index contributed by atoms with van der Waals surface area (Å²) in [5.74, 6) is -0.0922. The SMILES string of the molecule is Cc1cccc(CNC(=O)c2ccc3nc(N)sc3c2)c1. The van der Waals surface area contributed by atoms with Crippen molar-refractivity contribution < 1.29 is 4.79 Å². The first-order valence-corrected chi connectivity index (χ1v) is 7.43. The number of hydrogen-bond acceptors (Lipinski definition) is 4. The summed E-state index contributed by atoms with van der Waals surface area (Å²) in [6.07, 6.45) is 0. The average Bonchev–Trinajstić information content (AvgIpc) is 2.84. The van der Waals surface area contributed by atoms with Crippen LogP contribution in [0.5, 0.6) is 0 Å². The van der Waals surface area contributed by atoms with Gasteiger partial charge in [-0.3, -0.25) is 4.79 Å². The molecule has 0 fully saturated rings. The molecule has 3 aromatic rings. The Morgan fingerprint density at radius 2 is 2.14 bits per heavy atom. The van der Waals surface area contributed by atoms with E-state index in [9.17, 15) is 4.79 Å². The lowest BCUT2D eigenvalue weighted by atomic mass is 10.1. The van der Waals surface area contributed by atoms with Crippen LogP contribution in [-0.2, 0) is 6.54 Å². The highest BCUT2D eigenvalue weighted by Gasteiger charge is 2.08. The van der Waals surface area contributed by atoms with Gasteiger partial charge in [0.1, 0.15) is 0 Å². The summed E-state index contributed by atoms with van der Waals surface area (Å²) in [4.78, 5) is 16.4. The predicted octanol–water partition coefficient (Wildman–Crippen LogP) is 3.12. The number of aromatic nitrogens is 1. The first kappa shape index (κ1) is 13.6. The fourth-order valence-electron chi connectivity index (χ4n) is 2.19. The maximum atomic E-state index is 12.2. The first-order valence-electron chi connectivity index (χ1n) is 6.61. The zero-order valence-corrected chi connectivity index (χ0v) is 12.4. The van der Waals surface area contributed by atoms with Gasteiger partial charge in [0.2, 0.25) is 0 Å². The van der Waals surface area contributed by atoms with Crippen LogP contribution in [0.2, 0.25) is 0 Å². The van der Waals surface area contributed by atoms with Crippen molar-refractivity contribution in [1.82, 2.24) is 10.3 Å². The molecule has 106 valence electrons. The number of thiazole rings is 1. The Morgan fingerprint density at radius 3 is 2.95 bits per heavy atom. The normalized spacial score (nSPS) is 10.7. The van der Waals surface area contributed by atoms with E-state index in [-0.39, 0.29) is 5.91 Å². The van der Waals surface area contributed by atoms with Gasteiger partial charge >= 0.3 is 0 Å². The number of amides is 1. The molecule has 0 aliphatic carbocycles. The molecule has 0 aliphatic rings. The summed E-state index contributed by atoms with van der Waals surface area (Å²) in [6, 6.07) is 13.5. The van der Waals surface area contributed by atoms with Gasteiger partial charge in [0.25, 0.3) is 5.91 Å². The lowest BCUT2D eigenvalue weighted by molar-refractivity contribution is 0.0951. The fraction of sp³-hybridized carbons (Fsp3) is 0.125. The van der Waals surface area contributed by atoms with E-state index < -0.39 is 0 Å². The quantitative estimate of drug-likeness (QED) is 0.780. The van der Waals surface area contributed by atoms with E-state index in [0.717, 1.165) is 15.8 Å². The smallest absolute Gasteiger partial charge is 0.251 e. The van der Waals surface area contributed by atoms with Crippen LogP contribution in [0.25, 0.3) is 10.2 Å². The van der Waals surface area contributed by atoms with Crippen LogP contribution < -0.4 is 11.1 Å². The van der Waals surface area contributed by atoms with Crippen LogP contribution in [0.4, 0.5) is 5.13 Å². The molecule has 1 heterocycles. The predicted molar refractivity (Wildman–Crippen MR) is 86.4 cm³/mol. The molecule has 0 saturated heterocycles. The Labute approximate surface area is 126 Å². The number of anilines is 1. The number of hydrogen-bond donors (Lipinski definition) is 2. The van der Waals surface area contributed by atoms with E-state index in [0.29, 0.717) is 17.2 Å². The van der Waals surface area contributed by atoms with Gasteiger partial charge < -0.3 is 11.1 Å². The minimum atomic E-state index is -0.0922. The van der Waals surface area contributed by atoms with Crippen LogP contribution in [0.1, 0.15) is 21.5 Å². The van der Waals surface area contributed by atoms with Crippen LogP contribution >= 0.6 is 11.3 Å². The highest BCUT2D eigenvalue weighted by atomic mass is 32.1. The molecule has 0 saturated carbocycles. The maximum absolute atomic E-state index is 12.2. The molecule has 0 unspecified atom stereocenters. The van der Waals surface area contributed by atoms with E-state index in [1.807, 2.05) is 37.3 Å². The number of nitrogens with two attached hydrogens (primary N) is 1. The number of carbonyl (C=O) groups excluding carboxylic acids is 1. The molecule has 0 radical (unpaired) electrons. The Morgan fingerprint density at radius 1 is 1.29 bits per heavy atom. The van der Waals surface area contributed by atoms with E-state index in [1.54, 1.807) is 6.07 Å². The molecule has 2 aromatic carbocycles. The number of rotatable bonds is 3. The molecule has 1 amide bonds. The van der Waals surface area contributed by atoms with E-state index in [2.05, 4.69) is 16.4 Å². The minimum absolute atomic E-state index is 0.0922. The van der Waals surface area contributed by atoms with Crippen molar-refractivity contribution in [3.05, 3.63) is 59.2 Å². The van der Waals surface area contributed by atoms with Crippen LogP contribution in [-0.4, -0.2) is 10.9 Å². The summed E-state index contributed by atoms with van der Waals surface area (Å²) >= 11 is 1.39. The molecular weight excluding hydrogens is 282 g/mol. The van der Waals surface area contributed by atoms with Crippen molar-refractivity contribution >= 4 is 32.6 Å². The summed E-state index contributed by atoms with van der Waals surface area (Å²) in [5.41, 5.74) is 9.40.